The summed E-state index contributed by atoms with van der Waals surface area (Å²) in [7, 11) is -3.90. The number of rotatable bonds is 6. The van der Waals surface area contributed by atoms with Crippen LogP contribution < -0.4 is 10.0 Å². The number of halogens is 1. The van der Waals surface area contributed by atoms with Crippen molar-refractivity contribution in [3.63, 3.8) is 0 Å². The zero-order valence-electron chi connectivity index (χ0n) is 12.4. The zero-order valence-corrected chi connectivity index (χ0v) is 13.2. The highest BCUT2D eigenvalue weighted by Crippen LogP contribution is 2.10. The summed E-state index contributed by atoms with van der Waals surface area (Å²) in [6, 6.07) is 8.66. The number of nitrogens with one attached hydrogen (secondary N) is 2. The van der Waals surface area contributed by atoms with Crippen LogP contribution in [-0.4, -0.2) is 25.4 Å². The molecule has 0 spiro atoms. The van der Waals surface area contributed by atoms with E-state index in [1.165, 1.54) is 6.92 Å². The minimum absolute atomic E-state index is 0.108. The maximum absolute atomic E-state index is 12.8. The third-order valence-corrected chi connectivity index (χ3v) is 4.58. The van der Waals surface area contributed by atoms with E-state index in [-0.39, 0.29) is 11.4 Å². The van der Waals surface area contributed by atoms with Crippen molar-refractivity contribution in [3.8, 4) is 0 Å². The summed E-state index contributed by atoms with van der Waals surface area (Å²) in [6.45, 7) is 1.62. The molecule has 2 aromatic rings. The minimum atomic E-state index is -3.90. The van der Waals surface area contributed by atoms with Gasteiger partial charge in [0.2, 0.25) is 15.9 Å². The van der Waals surface area contributed by atoms with Crippen molar-refractivity contribution in [2.75, 3.05) is 0 Å². The van der Waals surface area contributed by atoms with Gasteiger partial charge in [-0.1, -0.05) is 6.07 Å². The number of carbonyl (C=O) groups is 1. The Morgan fingerprint density at radius 2 is 1.91 bits per heavy atom. The number of hydrogen-bond donors (Lipinski definition) is 2. The first-order valence-corrected chi connectivity index (χ1v) is 8.32. The molecule has 1 amide bonds. The molecule has 1 atom stereocenters. The fraction of sp³-hybridized carbons (Fsp3) is 0.200. The molecule has 6 nitrogen and oxygen atoms in total. The fourth-order valence-corrected chi connectivity index (χ4v) is 3.00. The largest absolute Gasteiger partial charge is 0.349 e. The molecule has 1 heterocycles. The lowest BCUT2D eigenvalue weighted by molar-refractivity contribution is -0.122. The Morgan fingerprint density at radius 3 is 2.52 bits per heavy atom. The summed E-state index contributed by atoms with van der Waals surface area (Å²) < 4.78 is 39.3. The SMILES string of the molecule is C[C@@H](NS(=O)(=O)c1ccc(F)cc1)C(=O)NCc1ccccn1. The van der Waals surface area contributed by atoms with Crippen molar-refractivity contribution < 1.29 is 17.6 Å². The van der Waals surface area contributed by atoms with Gasteiger partial charge in [-0.05, 0) is 43.3 Å². The Bertz CT molecular complexity index is 764. The lowest BCUT2D eigenvalue weighted by atomic mass is 10.3. The van der Waals surface area contributed by atoms with Crippen LogP contribution in [-0.2, 0) is 21.4 Å². The number of sulfonamides is 1. The van der Waals surface area contributed by atoms with Crippen molar-refractivity contribution in [1.82, 2.24) is 15.0 Å². The highest BCUT2D eigenvalue weighted by Gasteiger charge is 2.21. The van der Waals surface area contributed by atoms with Gasteiger partial charge in [-0.25, -0.2) is 12.8 Å². The molecule has 0 aliphatic rings. The fourth-order valence-electron chi connectivity index (χ4n) is 1.80. The van der Waals surface area contributed by atoms with Crippen molar-refractivity contribution >= 4 is 15.9 Å². The highest BCUT2D eigenvalue weighted by atomic mass is 32.2. The minimum Gasteiger partial charge on any atom is -0.349 e. The third kappa shape index (κ3) is 4.83. The number of nitrogens with zero attached hydrogens (tertiary/aromatic N) is 1. The molecule has 2 N–H and O–H groups in total. The summed E-state index contributed by atoms with van der Waals surface area (Å²) in [5.74, 6) is -1.02. The second-order valence-corrected chi connectivity index (χ2v) is 6.55. The van der Waals surface area contributed by atoms with Gasteiger partial charge in [0.1, 0.15) is 5.82 Å². The van der Waals surface area contributed by atoms with E-state index in [4.69, 9.17) is 0 Å². The molecule has 0 unspecified atom stereocenters. The van der Waals surface area contributed by atoms with Crippen molar-refractivity contribution in [2.45, 2.75) is 24.4 Å². The molecule has 0 fully saturated rings. The number of hydrogen-bond acceptors (Lipinski definition) is 4. The Balaban J connectivity index is 1.96. The summed E-state index contributed by atoms with van der Waals surface area (Å²) >= 11 is 0. The number of amides is 1. The maximum Gasteiger partial charge on any atom is 0.241 e. The Hall–Kier alpha value is -2.32. The molecular formula is C15H16FN3O3S. The van der Waals surface area contributed by atoms with Crippen LogP contribution in [0.3, 0.4) is 0 Å². The Labute approximate surface area is 133 Å². The number of benzene rings is 1. The van der Waals surface area contributed by atoms with E-state index in [9.17, 15) is 17.6 Å². The molecule has 8 heteroatoms. The van der Waals surface area contributed by atoms with Gasteiger partial charge in [-0.15, -0.1) is 0 Å². The molecule has 0 bridgehead atoms. The van der Waals surface area contributed by atoms with E-state index in [0.717, 1.165) is 24.3 Å². The molecule has 23 heavy (non-hydrogen) atoms. The van der Waals surface area contributed by atoms with Crippen LogP contribution in [0.15, 0.2) is 53.6 Å². The van der Waals surface area contributed by atoms with Crippen LogP contribution in [0, 0.1) is 5.82 Å². The monoisotopic (exact) mass is 337 g/mol. The van der Waals surface area contributed by atoms with Gasteiger partial charge in [0.05, 0.1) is 23.2 Å². The average molecular weight is 337 g/mol. The molecule has 0 aliphatic heterocycles. The van der Waals surface area contributed by atoms with Gasteiger partial charge in [-0.2, -0.15) is 4.72 Å². The smallest absolute Gasteiger partial charge is 0.241 e. The van der Waals surface area contributed by atoms with Crippen molar-refractivity contribution in [3.05, 3.63) is 60.2 Å². The molecule has 1 aromatic carbocycles. The summed E-state index contributed by atoms with van der Waals surface area (Å²) in [4.78, 5) is 15.9. The normalized spacial score (nSPS) is 12.6. The van der Waals surface area contributed by atoms with Crippen LogP contribution in [0.5, 0.6) is 0 Å². The van der Waals surface area contributed by atoms with E-state index in [2.05, 4.69) is 15.0 Å². The van der Waals surface area contributed by atoms with Gasteiger partial charge in [0, 0.05) is 6.20 Å². The highest BCUT2D eigenvalue weighted by molar-refractivity contribution is 7.89. The van der Waals surface area contributed by atoms with Gasteiger partial charge in [-0.3, -0.25) is 9.78 Å². The number of aromatic nitrogens is 1. The van der Waals surface area contributed by atoms with Gasteiger partial charge in [0.15, 0.2) is 0 Å². The first-order valence-electron chi connectivity index (χ1n) is 6.84. The van der Waals surface area contributed by atoms with Crippen LogP contribution in [0.4, 0.5) is 4.39 Å². The first-order chi connectivity index (χ1) is 10.9. The molecule has 0 aliphatic carbocycles. The Kier molecular flexibility index (Phi) is 5.41. The predicted molar refractivity (Wildman–Crippen MR) is 82.3 cm³/mol. The second-order valence-electron chi connectivity index (χ2n) is 4.84. The van der Waals surface area contributed by atoms with Crippen molar-refractivity contribution in [2.24, 2.45) is 0 Å². The van der Waals surface area contributed by atoms with Crippen LogP contribution >= 0.6 is 0 Å². The lowest BCUT2D eigenvalue weighted by Crippen LogP contribution is -2.44. The molecule has 0 radical (unpaired) electrons. The predicted octanol–water partition coefficient (Wildman–Crippen LogP) is 1.20. The summed E-state index contributed by atoms with van der Waals surface area (Å²) in [6.07, 6.45) is 1.60. The van der Waals surface area contributed by atoms with Crippen LogP contribution in [0.25, 0.3) is 0 Å². The molecular weight excluding hydrogens is 321 g/mol. The van der Waals surface area contributed by atoms with E-state index < -0.39 is 27.8 Å². The number of pyridine rings is 1. The zero-order chi connectivity index (χ0) is 16.9. The first kappa shape index (κ1) is 17.0. The maximum atomic E-state index is 12.8. The van der Waals surface area contributed by atoms with Gasteiger partial charge < -0.3 is 5.32 Å². The molecule has 1 aromatic heterocycles. The van der Waals surface area contributed by atoms with E-state index in [1.54, 1.807) is 24.4 Å². The second kappa shape index (κ2) is 7.30. The van der Waals surface area contributed by atoms with E-state index in [1.807, 2.05) is 0 Å². The topological polar surface area (TPSA) is 88.2 Å². The standard InChI is InChI=1S/C15H16FN3O3S/c1-11(15(20)18-10-13-4-2-3-9-17-13)19-23(21,22)14-7-5-12(16)6-8-14/h2-9,11,19H,10H2,1H3,(H,18,20)/t11-/m1/s1. The van der Waals surface area contributed by atoms with Gasteiger partial charge in [0.25, 0.3) is 0 Å². The summed E-state index contributed by atoms with van der Waals surface area (Å²) in [5, 5.41) is 2.59. The summed E-state index contributed by atoms with van der Waals surface area (Å²) in [5.41, 5.74) is 0.662. The average Bonchev–Trinajstić information content (AvgIpc) is 2.53. The quantitative estimate of drug-likeness (QED) is 0.829. The molecule has 2 rings (SSSR count). The Morgan fingerprint density at radius 1 is 1.22 bits per heavy atom. The molecule has 0 saturated heterocycles. The lowest BCUT2D eigenvalue weighted by Gasteiger charge is -2.14. The molecule has 0 saturated carbocycles. The molecule has 122 valence electrons. The van der Waals surface area contributed by atoms with Crippen LogP contribution in [0.1, 0.15) is 12.6 Å². The van der Waals surface area contributed by atoms with E-state index >= 15 is 0 Å². The third-order valence-electron chi connectivity index (χ3n) is 3.02. The van der Waals surface area contributed by atoms with Crippen molar-refractivity contribution in [1.29, 1.82) is 0 Å². The van der Waals surface area contributed by atoms with E-state index in [0.29, 0.717) is 5.69 Å². The van der Waals surface area contributed by atoms with Crippen LogP contribution in [0.2, 0.25) is 0 Å². The number of carbonyl (C=O) groups excluding carboxylic acids is 1. The van der Waals surface area contributed by atoms with Gasteiger partial charge >= 0.3 is 0 Å².